The smallest absolute Gasteiger partial charge is 0.243 e. The van der Waals surface area contributed by atoms with Crippen molar-refractivity contribution in [2.45, 2.75) is 4.90 Å². The van der Waals surface area contributed by atoms with Crippen molar-refractivity contribution >= 4 is 48.8 Å². The molecule has 8 heteroatoms. The van der Waals surface area contributed by atoms with E-state index >= 15 is 0 Å². The predicted octanol–water partition coefficient (Wildman–Crippen LogP) is 5.71. The third kappa shape index (κ3) is 3.81. The van der Waals surface area contributed by atoms with Crippen molar-refractivity contribution in [3.05, 3.63) is 97.1 Å². The van der Waals surface area contributed by atoms with Crippen LogP contribution in [-0.4, -0.2) is 48.9 Å². The molecule has 0 spiro atoms. The Kier molecular flexibility index (Phi) is 5.38. The number of rotatable bonds is 4. The van der Waals surface area contributed by atoms with E-state index in [9.17, 15) is 8.42 Å². The molecule has 1 aliphatic heterocycles. The van der Waals surface area contributed by atoms with E-state index < -0.39 is 10.0 Å². The zero-order valence-electron chi connectivity index (χ0n) is 20.5. The van der Waals surface area contributed by atoms with Crippen molar-refractivity contribution < 1.29 is 12.8 Å². The van der Waals surface area contributed by atoms with Gasteiger partial charge < -0.3 is 9.32 Å². The molecule has 1 saturated heterocycles. The Morgan fingerprint density at radius 3 is 2.11 bits per heavy atom. The van der Waals surface area contributed by atoms with E-state index in [-0.39, 0.29) is 4.90 Å². The zero-order valence-corrected chi connectivity index (χ0v) is 21.3. The van der Waals surface area contributed by atoms with Crippen molar-refractivity contribution in [3.63, 3.8) is 0 Å². The molecule has 0 aliphatic carbocycles. The lowest BCUT2D eigenvalue weighted by Crippen LogP contribution is -2.49. The lowest BCUT2D eigenvalue weighted by Gasteiger charge is -2.35. The van der Waals surface area contributed by atoms with Gasteiger partial charge in [-0.15, -0.1) is 0 Å². The first kappa shape index (κ1) is 22.9. The molecule has 0 atom stereocenters. The standard InChI is InChI=1S/C30H24N4O3S/c35-38(36,22-14-15-28-24(20-22)23-10-4-7-13-27(23)37-28)34-18-16-33(17-19-34)30-29(21-8-2-1-3-9-21)31-25-11-5-6-12-26(25)32-30/h1-15,20H,16-19H2. The summed E-state index contributed by atoms with van der Waals surface area (Å²) in [7, 11) is -3.67. The number of para-hydroxylation sites is 3. The highest BCUT2D eigenvalue weighted by Crippen LogP contribution is 2.33. The fourth-order valence-corrected chi connectivity index (χ4v) is 6.60. The second-order valence-corrected chi connectivity index (χ2v) is 11.3. The Bertz CT molecular complexity index is 1910. The molecule has 2 aromatic heterocycles. The van der Waals surface area contributed by atoms with Crippen molar-refractivity contribution in [1.29, 1.82) is 0 Å². The van der Waals surface area contributed by atoms with Crippen LogP contribution in [0.4, 0.5) is 5.82 Å². The van der Waals surface area contributed by atoms with Gasteiger partial charge in [0.05, 0.1) is 15.9 Å². The maximum Gasteiger partial charge on any atom is 0.243 e. The predicted molar refractivity (Wildman–Crippen MR) is 150 cm³/mol. The van der Waals surface area contributed by atoms with Gasteiger partial charge in [-0.05, 0) is 36.4 Å². The number of hydrogen-bond acceptors (Lipinski definition) is 6. The summed E-state index contributed by atoms with van der Waals surface area (Å²) in [4.78, 5) is 12.3. The van der Waals surface area contributed by atoms with Crippen molar-refractivity contribution in [2.24, 2.45) is 0 Å². The average Bonchev–Trinajstić information content (AvgIpc) is 3.35. The molecule has 188 valence electrons. The van der Waals surface area contributed by atoms with Crippen LogP contribution in [-0.2, 0) is 10.0 Å². The summed E-state index contributed by atoms with van der Waals surface area (Å²) in [5, 5.41) is 1.71. The first-order valence-electron chi connectivity index (χ1n) is 12.6. The topological polar surface area (TPSA) is 79.5 Å². The highest BCUT2D eigenvalue weighted by Gasteiger charge is 2.30. The Morgan fingerprint density at radius 1 is 0.658 bits per heavy atom. The third-order valence-corrected chi connectivity index (χ3v) is 9.02. The summed E-state index contributed by atoms with van der Waals surface area (Å²) in [5.41, 5.74) is 4.86. The van der Waals surface area contributed by atoms with E-state index in [4.69, 9.17) is 14.4 Å². The number of anilines is 1. The number of nitrogens with zero attached hydrogens (tertiary/aromatic N) is 4. The molecule has 7 nitrogen and oxygen atoms in total. The lowest BCUT2D eigenvalue weighted by molar-refractivity contribution is 0.384. The molecule has 0 saturated carbocycles. The SMILES string of the molecule is O=S(=O)(c1ccc2oc3ccccc3c2c1)N1CCN(c2nc3ccccc3nc2-c2ccccc2)CC1. The summed E-state index contributed by atoms with van der Waals surface area (Å²) in [5.74, 6) is 0.776. The number of piperazine rings is 1. The molecular formula is C30H24N4O3S. The molecule has 1 fully saturated rings. The zero-order chi connectivity index (χ0) is 25.7. The maximum atomic E-state index is 13.6. The summed E-state index contributed by atoms with van der Waals surface area (Å²) in [6.07, 6.45) is 0. The molecule has 6 aromatic rings. The second-order valence-electron chi connectivity index (χ2n) is 9.40. The van der Waals surface area contributed by atoms with Crippen LogP contribution in [0.25, 0.3) is 44.2 Å². The van der Waals surface area contributed by atoms with Crippen LogP contribution < -0.4 is 4.90 Å². The van der Waals surface area contributed by atoms with Gasteiger partial charge in [0.25, 0.3) is 0 Å². The Labute approximate surface area is 220 Å². The van der Waals surface area contributed by atoms with Gasteiger partial charge in [-0.3, -0.25) is 0 Å². The van der Waals surface area contributed by atoms with Crippen LogP contribution in [0.2, 0.25) is 0 Å². The fourth-order valence-electron chi connectivity index (χ4n) is 5.16. The molecule has 1 aliphatic rings. The monoisotopic (exact) mass is 520 g/mol. The van der Waals surface area contributed by atoms with Gasteiger partial charge in [-0.2, -0.15) is 4.31 Å². The molecule has 0 bridgehead atoms. The van der Waals surface area contributed by atoms with E-state index in [1.54, 1.807) is 22.5 Å². The number of aromatic nitrogens is 2. The molecule has 0 unspecified atom stereocenters. The quantitative estimate of drug-likeness (QED) is 0.296. The van der Waals surface area contributed by atoms with Gasteiger partial charge in [0.2, 0.25) is 10.0 Å². The Morgan fingerprint density at radius 2 is 1.32 bits per heavy atom. The molecule has 7 rings (SSSR count). The summed E-state index contributed by atoms with van der Waals surface area (Å²) >= 11 is 0. The van der Waals surface area contributed by atoms with E-state index in [0.717, 1.165) is 44.5 Å². The van der Waals surface area contributed by atoms with Gasteiger partial charge in [-0.1, -0.05) is 60.7 Å². The van der Waals surface area contributed by atoms with Gasteiger partial charge in [-0.25, -0.2) is 18.4 Å². The van der Waals surface area contributed by atoms with E-state index in [1.807, 2.05) is 78.9 Å². The summed E-state index contributed by atoms with van der Waals surface area (Å²) < 4.78 is 34.7. The number of hydrogen-bond donors (Lipinski definition) is 0. The number of benzene rings is 4. The molecule has 38 heavy (non-hydrogen) atoms. The van der Waals surface area contributed by atoms with Gasteiger partial charge in [0.1, 0.15) is 16.9 Å². The third-order valence-electron chi connectivity index (χ3n) is 7.12. The maximum absolute atomic E-state index is 13.6. The van der Waals surface area contributed by atoms with E-state index in [2.05, 4.69) is 4.90 Å². The molecule has 3 heterocycles. The second kappa shape index (κ2) is 8.93. The van der Waals surface area contributed by atoms with Gasteiger partial charge in [0, 0.05) is 42.5 Å². The molecule has 4 aromatic carbocycles. The Hall–Kier alpha value is -4.27. The minimum absolute atomic E-state index is 0.278. The molecular weight excluding hydrogens is 496 g/mol. The van der Waals surface area contributed by atoms with Crippen LogP contribution in [0.5, 0.6) is 0 Å². The largest absolute Gasteiger partial charge is 0.456 e. The molecule has 0 amide bonds. The van der Waals surface area contributed by atoms with Crippen molar-refractivity contribution in [2.75, 3.05) is 31.1 Å². The average molecular weight is 521 g/mol. The van der Waals surface area contributed by atoms with Crippen LogP contribution in [0, 0.1) is 0 Å². The number of furan rings is 1. The van der Waals surface area contributed by atoms with Crippen LogP contribution >= 0.6 is 0 Å². The first-order chi connectivity index (χ1) is 18.6. The van der Waals surface area contributed by atoms with Gasteiger partial charge >= 0.3 is 0 Å². The van der Waals surface area contributed by atoms with E-state index in [1.165, 1.54) is 0 Å². The summed E-state index contributed by atoms with van der Waals surface area (Å²) in [6, 6.07) is 30.6. The number of fused-ring (bicyclic) bond motifs is 4. The summed E-state index contributed by atoms with van der Waals surface area (Å²) in [6.45, 7) is 1.75. The fraction of sp³-hybridized carbons (Fsp3) is 0.133. The highest BCUT2D eigenvalue weighted by atomic mass is 32.2. The molecule has 0 radical (unpaired) electrons. The van der Waals surface area contributed by atoms with Crippen molar-refractivity contribution in [1.82, 2.24) is 14.3 Å². The van der Waals surface area contributed by atoms with E-state index in [0.29, 0.717) is 31.8 Å². The lowest BCUT2D eigenvalue weighted by atomic mass is 10.1. The minimum atomic E-state index is -3.67. The minimum Gasteiger partial charge on any atom is -0.456 e. The Balaban J connectivity index is 1.20. The molecule has 0 N–H and O–H groups in total. The van der Waals surface area contributed by atoms with Crippen LogP contribution in [0.1, 0.15) is 0 Å². The first-order valence-corrected chi connectivity index (χ1v) is 14.0. The highest BCUT2D eigenvalue weighted by molar-refractivity contribution is 7.89. The normalized spacial score (nSPS) is 15.0. The number of sulfonamides is 1. The van der Waals surface area contributed by atoms with Gasteiger partial charge in [0.15, 0.2) is 5.82 Å². The van der Waals surface area contributed by atoms with Crippen LogP contribution in [0.15, 0.2) is 106 Å². The van der Waals surface area contributed by atoms with Crippen LogP contribution in [0.3, 0.4) is 0 Å². The van der Waals surface area contributed by atoms with Crippen molar-refractivity contribution in [3.8, 4) is 11.3 Å².